The minimum atomic E-state index is -4.00. The molecule has 2 atom stereocenters. The number of piperidine rings is 1. The van der Waals surface area contributed by atoms with E-state index in [9.17, 15) is 18.0 Å². The molecule has 0 unspecified atom stereocenters. The van der Waals surface area contributed by atoms with Crippen molar-refractivity contribution in [2.24, 2.45) is 0 Å². The molecule has 0 bridgehead atoms. The zero-order chi connectivity index (χ0) is 30.7. The van der Waals surface area contributed by atoms with E-state index in [-0.39, 0.29) is 17.9 Å². The lowest BCUT2D eigenvalue weighted by Gasteiger charge is -2.34. The van der Waals surface area contributed by atoms with Crippen molar-refractivity contribution in [2.75, 3.05) is 19.0 Å². The third-order valence-electron chi connectivity index (χ3n) is 8.06. The molecule has 0 aliphatic carbocycles. The van der Waals surface area contributed by atoms with E-state index in [1.54, 1.807) is 12.1 Å². The normalized spacial score (nSPS) is 16.4. The van der Waals surface area contributed by atoms with Crippen LogP contribution in [0, 0.1) is 0 Å². The number of rotatable bonds is 9. The van der Waals surface area contributed by atoms with Gasteiger partial charge in [0.2, 0.25) is 21.8 Å². The van der Waals surface area contributed by atoms with Gasteiger partial charge < -0.3 is 20.4 Å². The first kappa shape index (κ1) is 29.4. The summed E-state index contributed by atoms with van der Waals surface area (Å²) in [6.07, 6.45) is 1.86. The van der Waals surface area contributed by atoms with Gasteiger partial charge in [-0.05, 0) is 65.4 Å². The Bertz CT molecular complexity index is 1900. The topological polar surface area (TPSA) is 121 Å². The summed E-state index contributed by atoms with van der Waals surface area (Å²) in [5.74, 6) is -0.496. The molecule has 0 radical (unpaired) electrons. The van der Waals surface area contributed by atoms with Gasteiger partial charge >= 0.3 is 0 Å². The quantitative estimate of drug-likeness (QED) is 0.211. The Balaban J connectivity index is 1.27. The Kier molecular flexibility index (Phi) is 8.36. The number of carbonyl (C=O) groups excluding carboxylic acids is 2. The molecule has 1 aliphatic heterocycles. The van der Waals surface area contributed by atoms with Gasteiger partial charge in [0, 0.05) is 35.9 Å². The van der Waals surface area contributed by atoms with Crippen molar-refractivity contribution < 1.29 is 22.7 Å². The molecule has 2 heterocycles. The summed E-state index contributed by atoms with van der Waals surface area (Å²) >= 11 is 0. The van der Waals surface area contributed by atoms with Crippen molar-refractivity contribution in [1.82, 2.24) is 14.6 Å². The number of ether oxygens (including phenoxy) is 1. The van der Waals surface area contributed by atoms with Crippen molar-refractivity contribution >= 4 is 49.2 Å². The van der Waals surface area contributed by atoms with Crippen LogP contribution < -0.4 is 15.4 Å². The van der Waals surface area contributed by atoms with Crippen LogP contribution in [0.2, 0.25) is 0 Å². The van der Waals surface area contributed by atoms with E-state index in [0.717, 1.165) is 27.4 Å². The van der Waals surface area contributed by atoms with Gasteiger partial charge in [-0.15, -0.1) is 0 Å². The average Bonchev–Trinajstić information content (AvgIpc) is 3.47. The zero-order valence-electron chi connectivity index (χ0n) is 24.3. The second kappa shape index (κ2) is 12.5. The van der Waals surface area contributed by atoms with Gasteiger partial charge in [0.1, 0.15) is 17.8 Å². The van der Waals surface area contributed by atoms with Crippen LogP contribution in [0.5, 0.6) is 5.75 Å². The highest BCUT2D eigenvalue weighted by Gasteiger charge is 2.39. The van der Waals surface area contributed by atoms with Gasteiger partial charge in [-0.1, -0.05) is 61.0 Å². The molecule has 226 valence electrons. The monoisotopic (exact) mass is 610 g/mol. The predicted octanol–water partition coefficient (Wildman–Crippen LogP) is 5.24. The summed E-state index contributed by atoms with van der Waals surface area (Å²) in [5, 5.41) is 8.88. The van der Waals surface area contributed by atoms with Crippen molar-refractivity contribution in [3.05, 3.63) is 103 Å². The average molecular weight is 611 g/mol. The molecular formula is C34H34N4O5S. The fraction of sp³-hybridized carbons (Fsp3) is 0.235. The third kappa shape index (κ3) is 6.17. The number of amides is 2. The summed E-state index contributed by atoms with van der Waals surface area (Å²) in [5.41, 5.74) is 2.30. The number of carbonyl (C=O) groups is 2. The number of hydrogen-bond acceptors (Lipinski definition) is 5. The number of fused-ring (bicyclic) bond motifs is 2. The first-order chi connectivity index (χ1) is 21.3. The smallest absolute Gasteiger partial charge is 0.247 e. The Hall–Kier alpha value is -4.67. The van der Waals surface area contributed by atoms with Crippen molar-refractivity contribution in [3.63, 3.8) is 0 Å². The first-order valence-electron chi connectivity index (χ1n) is 14.6. The molecule has 6 rings (SSSR count). The van der Waals surface area contributed by atoms with Crippen molar-refractivity contribution in [2.45, 2.75) is 42.7 Å². The summed E-state index contributed by atoms with van der Waals surface area (Å²) < 4.78 is 34.0. The lowest BCUT2D eigenvalue weighted by Crippen LogP contribution is -2.56. The molecule has 3 N–H and O–H groups in total. The van der Waals surface area contributed by atoms with Crippen LogP contribution in [0.4, 0.5) is 5.69 Å². The minimum absolute atomic E-state index is 0.0558. The maximum atomic E-state index is 13.9. The van der Waals surface area contributed by atoms with Crippen LogP contribution in [-0.4, -0.2) is 55.3 Å². The van der Waals surface area contributed by atoms with E-state index in [4.69, 9.17) is 4.74 Å². The third-order valence-corrected chi connectivity index (χ3v) is 9.97. The van der Waals surface area contributed by atoms with Crippen LogP contribution in [0.15, 0.2) is 102 Å². The molecule has 1 saturated heterocycles. The Morgan fingerprint density at radius 3 is 2.48 bits per heavy atom. The number of hydrogen-bond donors (Lipinski definition) is 3. The summed E-state index contributed by atoms with van der Waals surface area (Å²) in [6.45, 7) is 0.202. The fourth-order valence-corrected chi connectivity index (χ4v) is 7.48. The molecule has 5 aromatic rings. The van der Waals surface area contributed by atoms with Crippen LogP contribution in [0.3, 0.4) is 0 Å². The zero-order valence-corrected chi connectivity index (χ0v) is 25.1. The maximum absolute atomic E-state index is 13.9. The molecule has 10 heteroatoms. The fourth-order valence-electron chi connectivity index (χ4n) is 5.79. The molecule has 44 heavy (non-hydrogen) atoms. The van der Waals surface area contributed by atoms with E-state index in [1.807, 2.05) is 72.8 Å². The lowest BCUT2D eigenvalue weighted by atomic mass is 10.0. The predicted molar refractivity (Wildman–Crippen MR) is 171 cm³/mol. The largest absolute Gasteiger partial charge is 0.497 e. The van der Waals surface area contributed by atoms with Gasteiger partial charge in [0.15, 0.2) is 0 Å². The molecule has 1 aliphatic rings. The van der Waals surface area contributed by atoms with Gasteiger partial charge in [0.05, 0.1) is 12.0 Å². The number of anilines is 1. The number of H-pyrrole nitrogens is 1. The van der Waals surface area contributed by atoms with E-state index in [0.29, 0.717) is 30.7 Å². The highest BCUT2D eigenvalue weighted by atomic mass is 32.2. The van der Waals surface area contributed by atoms with Gasteiger partial charge in [-0.2, -0.15) is 4.31 Å². The number of benzene rings is 4. The van der Waals surface area contributed by atoms with Gasteiger partial charge in [-0.3, -0.25) is 9.59 Å². The molecule has 1 aromatic heterocycles. The molecule has 2 amide bonds. The van der Waals surface area contributed by atoms with E-state index in [2.05, 4.69) is 15.6 Å². The maximum Gasteiger partial charge on any atom is 0.247 e. The second-order valence-electron chi connectivity index (χ2n) is 11.0. The Morgan fingerprint density at radius 1 is 0.909 bits per heavy atom. The number of nitrogens with zero attached hydrogens (tertiary/aromatic N) is 1. The van der Waals surface area contributed by atoms with Crippen LogP contribution >= 0.6 is 0 Å². The van der Waals surface area contributed by atoms with Crippen LogP contribution in [0.25, 0.3) is 21.7 Å². The lowest BCUT2D eigenvalue weighted by molar-refractivity contribution is -0.129. The SMILES string of the molecule is COc1cccc(S(=O)(=O)N2CCCC[C@H]2C(=O)N[C@@H](Cc2cc3ccccc3[nH]2)C(=O)Nc2ccc3ccccc3c2)c1. The standard InChI is InChI=1S/C34H34N4O5S/c1-43-28-12-8-13-29(22-28)44(41,42)38-18-7-6-15-32(38)34(40)37-31(21-27-20-25-11-4-5-14-30(25)35-27)33(39)36-26-17-16-23-9-2-3-10-24(23)19-26/h2-5,8-14,16-17,19-20,22,31-32,35H,6-7,15,18,21H2,1H3,(H,36,39)(H,37,40)/t31-,32-/m0/s1. The summed E-state index contributed by atoms with van der Waals surface area (Å²) in [7, 11) is -2.53. The number of nitrogens with one attached hydrogen (secondary N) is 3. The second-order valence-corrected chi connectivity index (χ2v) is 12.9. The molecule has 0 spiro atoms. The molecule has 9 nitrogen and oxygen atoms in total. The first-order valence-corrected chi connectivity index (χ1v) is 16.1. The van der Waals surface area contributed by atoms with Crippen molar-refractivity contribution in [3.8, 4) is 5.75 Å². The molecular weight excluding hydrogens is 576 g/mol. The summed E-state index contributed by atoms with van der Waals surface area (Å²) in [4.78, 5) is 31.0. The van der Waals surface area contributed by atoms with Crippen molar-refractivity contribution in [1.29, 1.82) is 0 Å². The molecule has 4 aromatic carbocycles. The number of sulfonamides is 1. The Labute approximate surface area is 256 Å². The van der Waals surface area contributed by atoms with E-state index in [1.165, 1.54) is 23.5 Å². The molecule has 0 saturated carbocycles. The van der Waals surface area contributed by atoms with E-state index >= 15 is 0 Å². The highest BCUT2D eigenvalue weighted by molar-refractivity contribution is 7.89. The highest BCUT2D eigenvalue weighted by Crippen LogP contribution is 2.28. The molecule has 1 fully saturated rings. The number of methoxy groups -OCH3 is 1. The van der Waals surface area contributed by atoms with Crippen LogP contribution in [-0.2, 0) is 26.0 Å². The number of aromatic nitrogens is 1. The van der Waals surface area contributed by atoms with Gasteiger partial charge in [-0.25, -0.2) is 8.42 Å². The Morgan fingerprint density at radius 2 is 1.68 bits per heavy atom. The number of aromatic amines is 1. The summed E-state index contributed by atoms with van der Waals surface area (Å²) in [6, 6.07) is 27.5. The van der Waals surface area contributed by atoms with E-state index < -0.39 is 33.9 Å². The van der Waals surface area contributed by atoms with Crippen LogP contribution in [0.1, 0.15) is 25.0 Å². The number of para-hydroxylation sites is 1. The van der Waals surface area contributed by atoms with Gasteiger partial charge in [0.25, 0.3) is 0 Å². The minimum Gasteiger partial charge on any atom is -0.497 e.